The van der Waals surface area contributed by atoms with E-state index >= 15 is 0 Å². The third kappa shape index (κ3) is 5.85. The molecule has 0 aliphatic carbocycles. The number of nitrogens with one attached hydrogen (secondary N) is 2. The molecule has 4 nitrogen and oxygen atoms in total. The fraction of sp³-hybridized carbons (Fsp3) is 0.158. The molecule has 0 aliphatic rings. The van der Waals surface area contributed by atoms with Gasteiger partial charge in [0.2, 0.25) is 5.91 Å². The number of benzene rings is 2. The van der Waals surface area contributed by atoms with E-state index < -0.39 is 0 Å². The standard InChI is InChI=1S/C19H20N2O2S/c1-14-3-5-16(6-4-14)13-20-19(24)21-18(22)12-9-15-7-10-17(23-2)11-8-15/h3-12H,13H2,1-2H3,(H2,20,21,22,24)/b12-9+. The van der Waals surface area contributed by atoms with Crippen molar-refractivity contribution in [2.75, 3.05) is 7.11 Å². The number of hydrogen-bond acceptors (Lipinski definition) is 3. The molecule has 0 aliphatic heterocycles. The number of hydrogen-bond donors (Lipinski definition) is 2. The number of aryl methyl sites for hydroxylation is 1. The summed E-state index contributed by atoms with van der Waals surface area (Å²) in [6.07, 6.45) is 3.17. The number of thiocarbonyl (C=S) groups is 1. The van der Waals surface area contributed by atoms with E-state index in [4.69, 9.17) is 17.0 Å². The fourth-order valence-corrected chi connectivity index (χ4v) is 2.15. The topological polar surface area (TPSA) is 50.4 Å². The monoisotopic (exact) mass is 340 g/mol. The lowest BCUT2D eigenvalue weighted by Crippen LogP contribution is -2.37. The first kappa shape index (κ1) is 17.7. The Bertz CT molecular complexity index is 722. The van der Waals surface area contributed by atoms with Crippen LogP contribution in [0.5, 0.6) is 5.75 Å². The highest BCUT2D eigenvalue weighted by Gasteiger charge is 2.01. The Morgan fingerprint density at radius 1 is 1.12 bits per heavy atom. The Labute approximate surface area is 147 Å². The molecular formula is C19H20N2O2S. The summed E-state index contributed by atoms with van der Waals surface area (Å²) in [5.41, 5.74) is 3.22. The van der Waals surface area contributed by atoms with Crippen molar-refractivity contribution in [3.05, 3.63) is 71.3 Å². The molecule has 0 heterocycles. The van der Waals surface area contributed by atoms with E-state index in [1.807, 2.05) is 55.5 Å². The molecule has 2 aromatic rings. The molecule has 0 spiro atoms. The summed E-state index contributed by atoms with van der Waals surface area (Å²) in [6.45, 7) is 2.61. The number of rotatable bonds is 5. The Hall–Kier alpha value is -2.66. The van der Waals surface area contributed by atoms with Gasteiger partial charge in [-0.05, 0) is 48.5 Å². The minimum atomic E-state index is -0.271. The highest BCUT2D eigenvalue weighted by Crippen LogP contribution is 2.12. The summed E-state index contributed by atoms with van der Waals surface area (Å²) < 4.78 is 5.09. The van der Waals surface area contributed by atoms with Crippen LogP contribution in [0.3, 0.4) is 0 Å². The number of methoxy groups -OCH3 is 1. The predicted octanol–water partition coefficient (Wildman–Crippen LogP) is 3.21. The zero-order chi connectivity index (χ0) is 17.4. The lowest BCUT2D eigenvalue weighted by molar-refractivity contribution is -0.115. The van der Waals surface area contributed by atoms with E-state index in [1.54, 1.807) is 13.2 Å². The summed E-state index contributed by atoms with van der Waals surface area (Å²) in [5.74, 6) is 0.505. The summed E-state index contributed by atoms with van der Waals surface area (Å²) in [5, 5.41) is 5.94. The first-order valence-electron chi connectivity index (χ1n) is 7.53. The maximum absolute atomic E-state index is 11.9. The third-order valence-electron chi connectivity index (χ3n) is 3.35. The van der Waals surface area contributed by atoms with Crippen molar-refractivity contribution in [1.82, 2.24) is 10.6 Å². The van der Waals surface area contributed by atoms with Gasteiger partial charge in [-0.15, -0.1) is 0 Å². The molecular weight excluding hydrogens is 320 g/mol. The first-order valence-corrected chi connectivity index (χ1v) is 7.94. The van der Waals surface area contributed by atoms with Crippen molar-refractivity contribution >= 4 is 29.3 Å². The van der Waals surface area contributed by atoms with Gasteiger partial charge in [-0.1, -0.05) is 42.0 Å². The molecule has 0 bridgehead atoms. The van der Waals surface area contributed by atoms with E-state index in [0.717, 1.165) is 16.9 Å². The van der Waals surface area contributed by atoms with Crippen LogP contribution in [0.2, 0.25) is 0 Å². The molecule has 2 rings (SSSR count). The van der Waals surface area contributed by atoms with Crippen molar-refractivity contribution in [3.63, 3.8) is 0 Å². The first-order chi connectivity index (χ1) is 11.6. The normalized spacial score (nSPS) is 10.4. The number of amides is 1. The van der Waals surface area contributed by atoms with Crippen LogP contribution in [0.15, 0.2) is 54.6 Å². The zero-order valence-electron chi connectivity index (χ0n) is 13.7. The van der Waals surface area contributed by atoms with Crippen LogP contribution in [0.1, 0.15) is 16.7 Å². The predicted molar refractivity (Wildman–Crippen MR) is 101 cm³/mol. The lowest BCUT2D eigenvalue weighted by atomic mass is 10.1. The highest BCUT2D eigenvalue weighted by atomic mass is 32.1. The lowest BCUT2D eigenvalue weighted by Gasteiger charge is -2.08. The Morgan fingerprint density at radius 3 is 2.42 bits per heavy atom. The van der Waals surface area contributed by atoms with Crippen LogP contribution in [0.4, 0.5) is 0 Å². The quantitative estimate of drug-likeness (QED) is 0.648. The molecule has 0 saturated carbocycles. The van der Waals surface area contributed by atoms with Crippen molar-refractivity contribution in [2.45, 2.75) is 13.5 Å². The van der Waals surface area contributed by atoms with Gasteiger partial charge in [-0.25, -0.2) is 0 Å². The molecule has 5 heteroatoms. The SMILES string of the molecule is COc1ccc(/C=C/C(=O)NC(=S)NCc2ccc(C)cc2)cc1. The molecule has 0 fully saturated rings. The van der Waals surface area contributed by atoms with Crippen LogP contribution in [0, 0.1) is 6.92 Å². The van der Waals surface area contributed by atoms with E-state index in [9.17, 15) is 4.79 Å². The maximum atomic E-state index is 11.9. The van der Waals surface area contributed by atoms with Crippen LogP contribution >= 0.6 is 12.2 Å². The van der Waals surface area contributed by atoms with Gasteiger partial charge in [0.1, 0.15) is 5.75 Å². The molecule has 0 unspecified atom stereocenters. The molecule has 0 saturated heterocycles. The second-order valence-electron chi connectivity index (χ2n) is 5.26. The molecule has 2 aromatic carbocycles. The second kappa shape index (κ2) is 8.84. The average Bonchev–Trinajstić information content (AvgIpc) is 2.60. The molecule has 1 amide bonds. The minimum Gasteiger partial charge on any atom is -0.497 e. The molecule has 0 atom stereocenters. The minimum absolute atomic E-state index is 0.271. The number of carbonyl (C=O) groups excluding carboxylic acids is 1. The van der Waals surface area contributed by atoms with Gasteiger partial charge in [0.25, 0.3) is 0 Å². The van der Waals surface area contributed by atoms with Gasteiger partial charge in [-0.3, -0.25) is 10.1 Å². The Kier molecular flexibility index (Phi) is 6.51. The summed E-state index contributed by atoms with van der Waals surface area (Å²) in [4.78, 5) is 11.9. The van der Waals surface area contributed by atoms with Crippen molar-refractivity contribution in [1.29, 1.82) is 0 Å². The van der Waals surface area contributed by atoms with Gasteiger partial charge in [0.15, 0.2) is 5.11 Å². The van der Waals surface area contributed by atoms with Crippen LogP contribution < -0.4 is 15.4 Å². The maximum Gasteiger partial charge on any atom is 0.250 e. The molecule has 24 heavy (non-hydrogen) atoms. The molecule has 2 N–H and O–H groups in total. The van der Waals surface area contributed by atoms with Gasteiger partial charge in [0, 0.05) is 12.6 Å². The molecule has 0 aromatic heterocycles. The van der Waals surface area contributed by atoms with Crippen molar-refractivity contribution in [2.24, 2.45) is 0 Å². The van der Waals surface area contributed by atoms with Crippen LogP contribution in [0.25, 0.3) is 6.08 Å². The van der Waals surface area contributed by atoms with Crippen molar-refractivity contribution < 1.29 is 9.53 Å². The van der Waals surface area contributed by atoms with E-state index in [-0.39, 0.29) is 5.91 Å². The number of carbonyl (C=O) groups is 1. The third-order valence-corrected chi connectivity index (χ3v) is 3.60. The van der Waals surface area contributed by atoms with Gasteiger partial charge >= 0.3 is 0 Å². The van der Waals surface area contributed by atoms with Gasteiger partial charge in [0.05, 0.1) is 7.11 Å². The van der Waals surface area contributed by atoms with Crippen LogP contribution in [-0.4, -0.2) is 18.1 Å². The molecule has 124 valence electrons. The Balaban J connectivity index is 1.79. The van der Waals surface area contributed by atoms with Gasteiger partial charge in [-0.2, -0.15) is 0 Å². The van der Waals surface area contributed by atoms with Crippen molar-refractivity contribution in [3.8, 4) is 5.75 Å². The largest absolute Gasteiger partial charge is 0.497 e. The van der Waals surface area contributed by atoms with E-state index in [2.05, 4.69) is 10.6 Å². The van der Waals surface area contributed by atoms with Gasteiger partial charge < -0.3 is 10.1 Å². The highest BCUT2D eigenvalue weighted by molar-refractivity contribution is 7.80. The number of ether oxygens (including phenoxy) is 1. The summed E-state index contributed by atoms with van der Waals surface area (Å²) in [7, 11) is 1.61. The second-order valence-corrected chi connectivity index (χ2v) is 5.67. The average molecular weight is 340 g/mol. The summed E-state index contributed by atoms with van der Waals surface area (Å²) >= 11 is 5.13. The fourth-order valence-electron chi connectivity index (χ4n) is 1.97. The zero-order valence-corrected chi connectivity index (χ0v) is 14.5. The molecule has 0 radical (unpaired) electrons. The van der Waals surface area contributed by atoms with Crippen LogP contribution in [-0.2, 0) is 11.3 Å². The van der Waals surface area contributed by atoms with E-state index in [1.165, 1.54) is 11.6 Å². The Morgan fingerprint density at radius 2 is 1.79 bits per heavy atom. The van der Waals surface area contributed by atoms with E-state index in [0.29, 0.717) is 11.7 Å². The summed E-state index contributed by atoms with van der Waals surface area (Å²) in [6, 6.07) is 15.5. The smallest absolute Gasteiger partial charge is 0.250 e.